The van der Waals surface area contributed by atoms with Crippen LogP contribution in [0.3, 0.4) is 0 Å². The minimum atomic E-state index is 0. The maximum Gasteiger partial charge on any atom is 0.209 e. The van der Waals surface area contributed by atoms with Crippen molar-refractivity contribution in [2.24, 2.45) is 0 Å². The number of pyridine rings is 2. The van der Waals surface area contributed by atoms with Gasteiger partial charge in [0.05, 0.1) is 13.2 Å². The minimum absolute atomic E-state index is 0. The topological polar surface area (TPSA) is 47.5 Å². The number of nitrogens with zero attached hydrogens (tertiary/aromatic N) is 3. The molecule has 2 aromatic rings. The first-order valence-corrected chi connectivity index (χ1v) is 6.62. The largest absolute Gasteiger partial charge is 0.484 e. The molecule has 1 aliphatic heterocycles. The third-order valence-corrected chi connectivity index (χ3v) is 3.11. The van der Waals surface area contributed by atoms with Crippen LogP contribution >= 0.6 is 0 Å². The monoisotopic (exact) mass is 359 g/mol. The van der Waals surface area contributed by atoms with Gasteiger partial charge in [-0.3, -0.25) is 0 Å². The van der Waals surface area contributed by atoms with Crippen LogP contribution in [0.15, 0.2) is 30.6 Å². The minimum Gasteiger partial charge on any atom is -0.484 e. The van der Waals surface area contributed by atoms with Crippen LogP contribution in [0.4, 0.5) is 5.69 Å². The summed E-state index contributed by atoms with van der Waals surface area (Å²) in [4.78, 5) is 10.7. The molecule has 21 heavy (non-hydrogen) atoms. The first-order chi connectivity index (χ1) is 9.81. The second-order valence-electron chi connectivity index (χ2n) is 4.62. The molecule has 1 saturated heterocycles. The molecule has 3 rings (SSSR count). The van der Waals surface area contributed by atoms with Gasteiger partial charge in [0.15, 0.2) is 0 Å². The van der Waals surface area contributed by atoms with Gasteiger partial charge in [0.25, 0.3) is 0 Å². The first kappa shape index (κ1) is 16.3. The first-order valence-electron chi connectivity index (χ1n) is 6.62. The Kier molecular flexibility index (Phi) is 6.09. The summed E-state index contributed by atoms with van der Waals surface area (Å²) < 4.78 is 11.0. The van der Waals surface area contributed by atoms with Crippen LogP contribution in [0, 0.1) is 13.0 Å². The molecule has 0 aliphatic carbocycles. The summed E-state index contributed by atoms with van der Waals surface area (Å²) in [5.41, 5.74) is 2.07. The average Bonchev–Trinajstić information content (AvgIpc) is 2.51. The molecule has 0 saturated carbocycles. The predicted molar refractivity (Wildman–Crippen MR) is 75.2 cm³/mol. The van der Waals surface area contributed by atoms with E-state index in [0.717, 1.165) is 37.6 Å². The number of anilines is 1. The molecule has 0 spiro atoms. The van der Waals surface area contributed by atoms with Crippen LogP contribution in [-0.4, -0.2) is 36.3 Å². The van der Waals surface area contributed by atoms with Crippen molar-refractivity contribution in [3.63, 3.8) is 0 Å². The molecule has 5 nitrogen and oxygen atoms in total. The van der Waals surface area contributed by atoms with Gasteiger partial charge in [0, 0.05) is 63.7 Å². The van der Waals surface area contributed by atoms with Gasteiger partial charge in [-0.25, -0.2) is 4.98 Å². The van der Waals surface area contributed by atoms with Gasteiger partial charge in [-0.15, -0.1) is 11.6 Å². The van der Waals surface area contributed by atoms with Gasteiger partial charge in [0.2, 0.25) is 5.88 Å². The van der Waals surface area contributed by atoms with Crippen molar-refractivity contribution in [2.75, 3.05) is 31.2 Å². The molecule has 3 heterocycles. The third-order valence-electron chi connectivity index (χ3n) is 3.11. The molecule has 0 amide bonds. The molecule has 0 bridgehead atoms. The molecular formula is C15H16N3O2Y-. The molecule has 0 aromatic carbocycles. The Morgan fingerprint density at radius 2 is 2.05 bits per heavy atom. The summed E-state index contributed by atoms with van der Waals surface area (Å²) in [6.07, 6.45) is 3.47. The zero-order valence-electron chi connectivity index (χ0n) is 12.0. The fourth-order valence-electron chi connectivity index (χ4n) is 2.05. The average molecular weight is 359 g/mol. The molecule has 0 N–H and O–H groups in total. The smallest absolute Gasteiger partial charge is 0.209 e. The van der Waals surface area contributed by atoms with E-state index in [1.165, 1.54) is 0 Å². The molecule has 1 radical (unpaired) electrons. The van der Waals surface area contributed by atoms with Gasteiger partial charge in [-0.1, -0.05) is 13.1 Å². The third kappa shape index (κ3) is 4.46. The Bertz CT molecular complexity index is 571. The van der Waals surface area contributed by atoms with Crippen LogP contribution in [-0.2, 0) is 37.4 Å². The number of rotatable bonds is 3. The predicted octanol–water partition coefficient (Wildman–Crippen LogP) is 2.21. The Labute approximate surface area is 149 Å². The standard InChI is InChI=1S/C15H16N3O2.Y/c1-12-2-3-14(17-11-12)20-15-10-13(4-5-16-15)18-6-8-19-9-7-18;/h3-5,10-11H,6-9H2,1H3;/q-1;. The van der Waals surface area contributed by atoms with Crippen molar-refractivity contribution in [3.05, 3.63) is 42.2 Å². The van der Waals surface area contributed by atoms with E-state index in [0.29, 0.717) is 11.8 Å². The van der Waals surface area contributed by atoms with Gasteiger partial charge < -0.3 is 19.4 Å². The second kappa shape index (κ2) is 7.83. The van der Waals surface area contributed by atoms with E-state index in [9.17, 15) is 0 Å². The summed E-state index contributed by atoms with van der Waals surface area (Å²) in [6.45, 7) is 5.23. The number of aromatic nitrogens is 2. The molecular weight excluding hydrogens is 343 g/mol. The van der Waals surface area contributed by atoms with Crippen molar-refractivity contribution in [1.82, 2.24) is 9.97 Å². The van der Waals surface area contributed by atoms with Crippen molar-refractivity contribution in [1.29, 1.82) is 0 Å². The molecule has 107 valence electrons. The van der Waals surface area contributed by atoms with Gasteiger partial charge in [-0.2, -0.15) is 6.07 Å². The van der Waals surface area contributed by atoms with E-state index in [1.54, 1.807) is 18.5 Å². The summed E-state index contributed by atoms with van der Waals surface area (Å²) in [7, 11) is 0. The Morgan fingerprint density at radius 1 is 1.24 bits per heavy atom. The van der Waals surface area contributed by atoms with Crippen molar-refractivity contribution in [2.45, 2.75) is 6.92 Å². The van der Waals surface area contributed by atoms with E-state index in [1.807, 2.05) is 19.1 Å². The SMILES string of the molecule is Cc1[c-]cc(Oc2cc(N3CCOCC3)ccn2)nc1.[Y]. The van der Waals surface area contributed by atoms with E-state index < -0.39 is 0 Å². The molecule has 1 aliphatic rings. The number of morpholine rings is 1. The van der Waals surface area contributed by atoms with Crippen molar-refractivity contribution >= 4 is 5.69 Å². The van der Waals surface area contributed by atoms with Crippen LogP contribution < -0.4 is 9.64 Å². The molecule has 0 unspecified atom stereocenters. The van der Waals surface area contributed by atoms with E-state index in [-0.39, 0.29) is 32.7 Å². The van der Waals surface area contributed by atoms with Gasteiger partial charge >= 0.3 is 0 Å². The summed E-state index contributed by atoms with van der Waals surface area (Å²) in [6, 6.07) is 8.68. The van der Waals surface area contributed by atoms with Crippen LogP contribution in [0.5, 0.6) is 11.8 Å². The van der Waals surface area contributed by atoms with Gasteiger partial charge in [-0.05, 0) is 6.07 Å². The fourth-order valence-corrected chi connectivity index (χ4v) is 2.05. The second-order valence-corrected chi connectivity index (χ2v) is 4.62. The van der Waals surface area contributed by atoms with Crippen molar-refractivity contribution in [3.8, 4) is 11.8 Å². The molecule has 1 fully saturated rings. The Balaban J connectivity index is 0.00000161. The molecule has 0 atom stereocenters. The quantitative estimate of drug-likeness (QED) is 0.787. The fraction of sp³-hybridized carbons (Fsp3) is 0.333. The molecule has 6 heteroatoms. The van der Waals surface area contributed by atoms with Gasteiger partial charge in [0.1, 0.15) is 5.88 Å². The molecule has 2 aromatic heterocycles. The Hall–Kier alpha value is -1.04. The number of hydrogen-bond acceptors (Lipinski definition) is 5. The maximum absolute atomic E-state index is 5.65. The number of hydrogen-bond donors (Lipinski definition) is 0. The Morgan fingerprint density at radius 3 is 2.76 bits per heavy atom. The zero-order valence-corrected chi connectivity index (χ0v) is 14.8. The van der Waals surface area contributed by atoms with Crippen molar-refractivity contribution < 1.29 is 42.2 Å². The zero-order chi connectivity index (χ0) is 13.8. The summed E-state index contributed by atoms with van der Waals surface area (Å²) in [5.74, 6) is 1.04. The number of ether oxygens (including phenoxy) is 2. The van der Waals surface area contributed by atoms with E-state index in [2.05, 4.69) is 20.9 Å². The van der Waals surface area contributed by atoms with Crippen LogP contribution in [0.1, 0.15) is 5.56 Å². The van der Waals surface area contributed by atoms with E-state index >= 15 is 0 Å². The summed E-state index contributed by atoms with van der Waals surface area (Å²) in [5, 5.41) is 0. The normalized spacial score (nSPS) is 14.4. The van der Waals surface area contributed by atoms with Crippen LogP contribution in [0.25, 0.3) is 0 Å². The number of aryl methyl sites for hydroxylation is 1. The van der Waals surface area contributed by atoms with Crippen LogP contribution in [0.2, 0.25) is 0 Å². The summed E-state index contributed by atoms with van der Waals surface area (Å²) >= 11 is 0. The maximum atomic E-state index is 5.65. The van der Waals surface area contributed by atoms with E-state index in [4.69, 9.17) is 9.47 Å².